The molecule has 0 aromatic heterocycles. The van der Waals surface area contributed by atoms with Gasteiger partial charge in [0.05, 0.1) is 6.61 Å². The number of hydrogen-bond acceptors (Lipinski definition) is 3. The van der Waals surface area contributed by atoms with Gasteiger partial charge >= 0.3 is 5.97 Å². The number of hydrogen-bond donors (Lipinski definition) is 2. The summed E-state index contributed by atoms with van der Waals surface area (Å²) in [5.74, 6) is -0.479. The molecule has 0 bridgehead atoms. The van der Waals surface area contributed by atoms with E-state index < -0.39 is 11.5 Å². The Bertz CT molecular complexity index is 228. The molecule has 0 saturated heterocycles. The third-order valence-electron chi connectivity index (χ3n) is 2.96. The fourth-order valence-electron chi connectivity index (χ4n) is 1.86. The minimum absolute atomic E-state index is 0.0756. The molecule has 0 heterocycles. The van der Waals surface area contributed by atoms with E-state index in [0.29, 0.717) is 13.2 Å². The van der Waals surface area contributed by atoms with Crippen LogP contribution in [-0.2, 0) is 9.53 Å². The topological polar surface area (TPSA) is 58.6 Å². The van der Waals surface area contributed by atoms with Gasteiger partial charge in [0.15, 0.2) is 0 Å². The Morgan fingerprint density at radius 2 is 2.27 bits per heavy atom. The summed E-state index contributed by atoms with van der Waals surface area (Å²) in [6, 6.07) is 0.0756. The first-order valence-electron chi connectivity index (χ1n) is 5.59. The monoisotopic (exact) mass is 215 g/mol. The van der Waals surface area contributed by atoms with E-state index in [1.807, 2.05) is 13.8 Å². The molecule has 2 atom stereocenters. The largest absolute Gasteiger partial charge is 0.480 e. The molecule has 1 aliphatic carbocycles. The minimum atomic E-state index is -0.781. The molecule has 1 aliphatic rings. The van der Waals surface area contributed by atoms with Crippen LogP contribution in [0.15, 0.2) is 0 Å². The summed E-state index contributed by atoms with van der Waals surface area (Å²) < 4.78 is 5.27. The molecule has 0 aromatic carbocycles. The molecule has 1 rings (SSSR count). The SMILES string of the molecule is CCOCC(C)NC(C)(C(=O)O)C1CC1. The van der Waals surface area contributed by atoms with Gasteiger partial charge in [0.2, 0.25) is 0 Å². The number of nitrogens with one attached hydrogen (secondary N) is 1. The van der Waals surface area contributed by atoms with Crippen molar-refractivity contribution in [1.82, 2.24) is 5.32 Å². The maximum atomic E-state index is 11.2. The van der Waals surface area contributed by atoms with Crippen molar-refractivity contribution in [2.75, 3.05) is 13.2 Å². The van der Waals surface area contributed by atoms with Crippen molar-refractivity contribution in [2.45, 2.75) is 45.2 Å². The highest BCUT2D eigenvalue weighted by Crippen LogP contribution is 2.39. The molecule has 2 N–H and O–H groups in total. The van der Waals surface area contributed by atoms with Crippen LogP contribution in [0.3, 0.4) is 0 Å². The van der Waals surface area contributed by atoms with Crippen LogP contribution in [0.1, 0.15) is 33.6 Å². The number of aliphatic carboxylic acids is 1. The van der Waals surface area contributed by atoms with Crippen LogP contribution in [0.2, 0.25) is 0 Å². The Balaban J connectivity index is 2.47. The molecule has 15 heavy (non-hydrogen) atoms. The molecule has 2 unspecified atom stereocenters. The van der Waals surface area contributed by atoms with Gasteiger partial charge in [-0.3, -0.25) is 10.1 Å². The maximum Gasteiger partial charge on any atom is 0.323 e. The van der Waals surface area contributed by atoms with Crippen molar-refractivity contribution < 1.29 is 14.6 Å². The van der Waals surface area contributed by atoms with Crippen LogP contribution < -0.4 is 5.32 Å². The lowest BCUT2D eigenvalue weighted by Gasteiger charge is -2.30. The normalized spacial score (nSPS) is 22.1. The quantitative estimate of drug-likeness (QED) is 0.671. The number of ether oxygens (including phenoxy) is 1. The number of carboxylic acid groups (broad SMARTS) is 1. The van der Waals surface area contributed by atoms with E-state index in [2.05, 4.69) is 5.32 Å². The average Bonchev–Trinajstić information content (AvgIpc) is 2.97. The third-order valence-corrected chi connectivity index (χ3v) is 2.96. The Morgan fingerprint density at radius 3 is 2.67 bits per heavy atom. The van der Waals surface area contributed by atoms with E-state index >= 15 is 0 Å². The fourth-order valence-corrected chi connectivity index (χ4v) is 1.86. The molecule has 0 aliphatic heterocycles. The van der Waals surface area contributed by atoms with Crippen molar-refractivity contribution in [2.24, 2.45) is 5.92 Å². The van der Waals surface area contributed by atoms with Gasteiger partial charge in [-0.2, -0.15) is 0 Å². The molecular weight excluding hydrogens is 194 g/mol. The summed E-state index contributed by atoms with van der Waals surface area (Å²) in [4.78, 5) is 11.2. The van der Waals surface area contributed by atoms with Crippen molar-refractivity contribution in [3.8, 4) is 0 Å². The van der Waals surface area contributed by atoms with Crippen LogP contribution in [0.5, 0.6) is 0 Å². The lowest BCUT2D eigenvalue weighted by Crippen LogP contribution is -2.55. The number of rotatable bonds is 7. The summed E-state index contributed by atoms with van der Waals surface area (Å²) in [6.07, 6.45) is 2.02. The van der Waals surface area contributed by atoms with Gasteiger partial charge in [-0.15, -0.1) is 0 Å². The van der Waals surface area contributed by atoms with Crippen LogP contribution in [0.25, 0.3) is 0 Å². The third kappa shape index (κ3) is 3.18. The van der Waals surface area contributed by atoms with Gasteiger partial charge in [0.1, 0.15) is 5.54 Å². The molecule has 4 heteroatoms. The molecular formula is C11H21NO3. The lowest BCUT2D eigenvalue weighted by atomic mass is 9.95. The Hall–Kier alpha value is -0.610. The first-order chi connectivity index (χ1) is 7.00. The Labute approximate surface area is 91.0 Å². The zero-order valence-corrected chi connectivity index (χ0v) is 9.75. The zero-order valence-electron chi connectivity index (χ0n) is 9.75. The summed E-state index contributed by atoms with van der Waals surface area (Å²) >= 11 is 0. The van der Waals surface area contributed by atoms with Gasteiger partial charge in [-0.1, -0.05) is 0 Å². The lowest BCUT2D eigenvalue weighted by molar-refractivity contribution is -0.145. The van der Waals surface area contributed by atoms with E-state index in [4.69, 9.17) is 4.74 Å². The number of carbonyl (C=O) groups is 1. The van der Waals surface area contributed by atoms with Crippen molar-refractivity contribution in [1.29, 1.82) is 0 Å². The molecule has 4 nitrogen and oxygen atoms in total. The molecule has 0 aromatic rings. The molecule has 88 valence electrons. The van der Waals surface area contributed by atoms with Gasteiger partial charge in [0, 0.05) is 12.6 Å². The van der Waals surface area contributed by atoms with Crippen molar-refractivity contribution in [3.05, 3.63) is 0 Å². The van der Waals surface area contributed by atoms with Crippen LogP contribution in [-0.4, -0.2) is 35.9 Å². The highest BCUT2D eigenvalue weighted by Gasteiger charge is 2.47. The summed E-state index contributed by atoms with van der Waals surface area (Å²) in [5.41, 5.74) is -0.781. The smallest absolute Gasteiger partial charge is 0.323 e. The van der Waals surface area contributed by atoms with Crippen LogP contribution in [0.4, 0.5) is 0 Å². The number of carboxylic acids is 1. The predicted molar refractivity (Wildman–Crippen MR) is 57.9 cm³/mol. The highest BCUT2D eigenvalue weighted by molar-refractivity contribution is 5.79. The summed E-state index contributed by atoms with van der Waals surface area (Å²) in [6.45, 7) is 6.89. The second-order valence-electron chi connectivity index (χ2n) is 4.49. The molecule has 1 fully saturated rings. The predicted octanol–water partition coefficient (Wildman–Crippen LogP) is 1.25. The minimum Gasteiger partial charge on any atom is -0.480 e. The summed E-state index contributed by atoms with van der Waals surface area (Å²) in [7, 11) is 0. The highest BCUT2D eigenvalue weighted by atomic mass is 16.5. The molecule has 0 amide bonds. The standard InChI is InChI=1S/C11H21NO3/c1-4-15-7-8(2)12-11(3,10(13)14)9-5-6-9/h8-9,12H,4-7H2,1-3H3,(H,13,14). The Morgan fingerprint density at radius 1 is 1.67 bits per heavy atom. The second-order valence-corrected chi connectivity index (χ2v) is 4.49. The van der Waals surface area contributed by atoms with E-state index in [9.17, 15) is 9.90 Å². The average molecular weight is 215 g/mol. The van der Waals surface area contributed by atoms with Crippen LogP contribution >= 0.6 is 0 Å². The fraction of sp³-hybridized carbons (Fsp3) is 0.909. The maximum absolute atomic E-state index is 11.2. The first kappa shape index (κ1) is 12.5. The van der Waals surface area contributed by atoms with E-state index in [1.165, 1.54) is 0 Å². The van der Waals surface area contributed by atoms with Gasteiger partial charge < -0.3 is 9.84 Å². The molecule has 1 saturated carbocycles. The second kappa shape index (κ2) is 4.94. The van der Waals surface area contributed by atoms with E-state index in [0.717, 1.165) is 12.8 Å². The van der Waals surface area contributed by atoms with Gasteiger partial charge in [0.25, 0.3) is 0 Å². The van der Waals surface area contributed by atoms with E-state index in [-0.39, 0.29) is 12.0 Å². The van der Waals surface area contributed by atoms with Gasteiger partial charge in [-0.05, 0) is 39.5 Å². The van der Waals surface area contributed by atoms with E-state index in [1.54, 1.807) is 6.92 Å². The van der Waals surface area contributed by atoms with Gasteiger partial charge in [-0.25, -0.2) is 0 Å². The molecule has 0 radical (unpaired) electrons. The van der Waals surface area contributed by atoms with Crippen molar-refractivity contribution >= 4 is 5.97 Å². The van der Waals surface area contributed by atoms with Crippen molar-refractivity contribution in [3.63, 3.8) is 0 Å². The molecule has 0 spiro atoms. The zero-order chi connectivity index (χ0) is 11.5. The Kier molecular flexibility index (Phi) is 4.11. The summed E-state index contributed by atoms with van der Waals surface area (Å²) in [5, 5.41) is 12.4. The van der Waals surface area contributed by atoms with Crippen LogP contribution in [0, 0.1) is 5.92 Å². The first-order valence-corrected chi connectivity index (χ1v) is 5.59.